The number of nitrogens with zero attached hydrogens (tertiary/aromatic N) is 2. The van der Waals surface area contributed by atoms with Gasteiger partial charge in [-0.15, -0.1) is 5.10 Å². The van der Waals surface area contributed by atoms with Crippen LogP contribution in [-0.4, -0.2) is 32.5 Å². The van der Waals surface area contributed by atoms with Crippen molar-refractivity contribution in [1.82, 2.24) is 20.5 Å². The number of hydrogen-bond donors (Lipinski definition) is 3. The molecule has 0 radical (unpaired) electrons. The normalized spacial score (nSPS) is 27.4. The highest BCUT2D eigenvalue weighted by Crippen LogP contribution is 2.81. The molecule has 3 unspecified atom stereocenters. The van der Waals surface area contributed by atoms with Crippen LogP contribution in [-0.2, 0) is 11.2 Å². The Hall–Kier alpha value is -3.62. The van der Waals surface area contributed by atoms with Gasteiger partial charge in [0.05, 0.1) is 5.69 Å². The van der Waals surface area contributed by atoms with Crippen molar-refractivity contribution in [3.05, 3.63) is 76.9 Å². The van der Waals surface area contributed by atoms with Crippen LogP contribution in [0.1, 0.15) is 33.5 Å². The summed E-state index contributed by atoms with van der Waals surface area (Å²) in [5, 5.41) is 12.0. The third kappa shape index (κ3) is 2.28. The van der Waals surface area contributed by atoms with Crippen LogP contribution in [0.5, 0.6) is 0 Å². The first-order chi connectivity index (χ1) is 14.5. The second-order valence-corrected chi connectivity index (χ2v) is 7.97. The van der Waals surface area contributed by atoms with E-state index in [-0.39, 0.29) is 29.3 Å². The maximum atomic E-state index is 14.2. The lowest BCUT2D eigenvalue weighted by Gasteiger charge is -2.22. The van der Waals surface area contributed by atoms with Crippen molar-refractivity contribution in [1.29, 1.82) is 0 Å². The molecule has 0 saturated heterocycles. The highest BCUT2D eigenvalue weighted by Gasteiger charge is 2.89. The van der Waals surface area contributed by atoms with E-state index in [1.807, 2.05) is 30.3 Å². The van der Waals surface area contributed by atoms with Crippen LogP contribution in [0.4, 0.5) is 14.5 Å². The number of fused-ring (bicyclic) bond motifs is 4. The number of anilines is 1. The van der Waals surface area contributed by atoms with Gasteiger partial charge in [-0.25, -0.2) is 13.8 Å². The molecule has 3 aromatic rings. The van der Waals surface area contributed by atoms with E-state index in [0.717, 1.165) is 11.6 Å². The van der Waals surface area contributed by atoms with Gasteiger partial charge in [0.2, 0.25) is 5.82 Å². The van der Waals surface area contributed by atoms with E-state index in [4.69, 9.17) is 0 Å². The van der Waals surface area contributed by atoms with Crippen molar-refractivity contribution in [2.24, 2.45) is 11.8 Å². The average molecular weight is 407 g/mol. The van der Waals surface area contributed by atoms with E-state index in [1.165, 1.54) is 6.07 Å². The Morgan fingerprint density at radius 1 is 1.17 bits per heavy atom. The molecule has 4 atom stereocenters. The molecule has 3 N–H and O–H groups in total. The molecule has 0 bridgehead atoms. The quantitative estimate of drug-likeness (QED) is 0.617. The Bertz CT molecular complexity index is 1220. The molecular formula is C21H15F2N5O2. The molecule has 1 aromatic heterocycles. The summed E-state index contributed by atoms with van der Waals surface area (Å²) in [7, 11) is 0. The number of aromatic amines is 1. The Morgan fingerprint density at radius 2 is 1.93 bits per heavy atom. The molecule has 2 fully saturated rings. The van der Waals surface area contributed by atoms with Gasteiger partial charge < -0.3 is 10.6 Å². The molecular weight excluding hydrogens is 392 g/mol. The third-order valence-corrected chi connectivity index (χ3v) is 6.29. The van der Waals surface area contributed by atoms with Crippen LogP contribution in [0.15, 0.2) is 42.5 Å². The topological polar surface area (TPSA) is 99.8 Å². The van der Waals surface area contributed by atoms with E-state index in [1.54, 1.807) is 0 Å². The van der Waals surface area contributed by atoms with E-state index >= 15 is 0 Å². The fourth-order valence-corrected chi connectivity index (χ4v) is 4.83. The highest BCUT2D eigenvalue weighted by atomic mass is 19.1. The predicted octanol–water partition coefficient (Wildman–Crippen LogP) is 2.14. The highest BCUT2D eigenvalue weighted by molar-refractivity contribution is 6.10. The maximum Gasteiger partial charge on any atom is 0.291 e. The van der Waals surface area contributed by atoms with Crippen molar-refractivity contribution in [3.63, 3.8) is 0 Å². The van der Waals surface area contributed by atoms with Gasteiger partial charge >= 0.3 is 0 Å². The third-order valence-electron chi connectivity index (χ3n) is 6.29. The number of halogens is 2. The molecule has 3 aliphatic rings. The number of benzene rings is 2. The molecule has 2 aliphatic carbocycles. The summed E-state index contributed by atoms with van der Waals surface area (Å²) in [6.45, 7) is 0. The summed E-state index contributed by atoms with van der Waals surface area (Å²) in [4.78, 5) is 29.7. The zero-order chi connectivity index (χ0) is 20.6. The van der Waals surface area contributed by atoms with Gasteiger partial charge in [0.1, 0.15) is 23.0 Å². The van der Waals surface area contributed by atoms with Crippen molar-refractivity contribution >= 4 is 17.5 Å². The molecule has 2 saturated carbocycles. The first-order valence-electron chi connectivity index (χ1n) is 9.57. The lowest BCUT2D eigenvalue weighted by atomic mass is 9.92. The van der Waals surface area contributed by atoms with Gasteiger partial charge in [0.15, 0.2) is 0 Å². The number of hydrogen-bond acceptors (Lipinski definition) is 4. The molecule has 2 aromatic carbocycles. The average Bonchev–Trinajstić information content (AvgIpc) is 3.57. The summed E-state index contributed by atoms with van der Waals surface area (Å²) >= 11 is 0. The van der Waals surface area contributed by atoms with Gasteiger partial charge in [-0.3, -0.25) is 14.7 Å². The minimum Gasteiger partial charge on any atom is -0.334 e. The largest absolute Gasteiger partial charge is 0.334 e. The molecule has 2 amide bonds. The van der Waals surface area contributed by atoms with Crippen molar-refractivity contribution in [2.75, 3.05) is 5.32 Å². The van der Waals surface area contributed by atoms with Crippen LogP contribution in [0.3, 0.4) is 0 Å². The van der Waals surface area contributed by atoms with E-state index in [2.05, 4.69) is 25.8 Å². The number of H-pyrrole nitrogens is 1. The second-order valence-electron chi connectivity index (χ2n) is 7.97. The Morgan fingerprint density at radius 3 is 2.70 bits per heavy atom. The monoisotopic (exact) mass is 407 g/mol. The molecule has 0 spiro atoms. The number of rotatable bonds is 4. The first-order valence-corrected chi connectivity index (χ1v) is 9.57. The lowest BCUT2D eigenvalue weighted by molar-refractivity contribution is -0.120. The molecule has 150 valence electrons. The first kappa shape index (κ1) is 17.3. The van der Waals surface area contributed by atoms with Gasteiger partial charge in [-0.2, -0.15) is 0 Å². The summed E-state index contributed by atoms with van der Waals surface area (Å²) in [6, 6.07) is 11.6. The molecule has 30 heavy (non-hydrogen) atoms. The fraction of sp³-hybridized carbons (Fsp3) is 0.238. The Kier molecular flexibility index (Phi) is 3.29. The summed E-state index contributed by atoms with van der Waals surface area (Å²) in [6.07, 6.45) is 0.486. The van der Waals surface area contributed by atoms with Crippen molar-refractivity contribution in [3.8, 4) is 0 Å². The zero-order valence-electron chi connectivity index (χ0n) is 15.4. The summed E-state index contributed by atoms with van der Waals surface area (Å²) in [5.74, 6) is -2.61. The zero-order valence-corrected chi connectivity index (χ0v) is 15.4. The maximum absolute atomic E-state index is 14.2. The summed E-state index contributed by atoms with van der Waals surface area (Å²) < 4.78 is 27.8. The second kappa shape index (κ2) is 5.71. The number of nitrogens with one attached hydrogen (secondary N) is 3. The molecule has 1 aliphatic heterocycles. The van der Waals surface area contributed by atoms with Gasteiger partial charge in [0.25, 0.3) is 11.8 Å². The molecule has 6 rings (SSSR count). The predicted molar refractivity (Wildman–Crippen MR) is 101 cm³/mol. The molecule has 7 nitrogen and oxygen atoms in total. The van der Waals surface area contributed by atoms with Crippen LogP contribution in [0.2, 0.25) is 0 Å². The minimum atomic E-state index is -1.12. The number of carbonyl (C=O) groups is 2. The van der Waals surface area contributed by atoms with Crippen LogP contribution in [0.25, 0.3) is 0 Å². The number of carbonyl (C=O) groups excluding carboxylic acids is 2. The van der Waals surface area contributed by atoms with E-state index in [9.17, 15) is 18.4 Å². The smallest absolute Gasteiger partial charge is 0.291 e. The van der Waals surface area contributed by atoms with Crippen LogP contribution in [0, 0.1) is 23.5 Å². The van der Waals surface area contributed by atoms with Crippen molar-refractivity contribution < 1.29 is 18.4 Å². The Balaban J connectivity index is 1.21. The van der Waals surface area contributed by atoms with Gasteiger partial charge in [0, 0.05) is 24.3 Å². The number of amides is 2. The molecule has 9 heteroatoms. The Labute approximate surface area is 168 Å². The van der Waals surface area contributed by atoms with Gasteiger partial charge in [-0.05, 0) is 23.1 Å². The van der Waals surface area contributed by atoms with E-state index < -0.39 is 29.0 Å². The lowest BCUT2D eigenvalue weighted by Crippen LogP contribution is -2.52. The summed E-state index contributed by atoms with van der Waals surface area (Å²) in [5.41, 5.74) is 0.335. The fourth-order valence-electron chi connectivity index (χ4n) is 4.83. The van der Waals surface area contributed by atoms with Crippen LogP contribution >= 0.6 is 0 Å². The van der Waals surface area contributed by atoms with Gasteiger partial charge in [-0.1, -0.05) is 30.3 Å². The van der Waals surface area contributed by atoms with Crippen LogP contribution < -0.4 is 10.6 Å². The minimum absolute atomic E-state index is 0.00411. The van der Waals surface area contributed by atoms with Crippen molar-refractivity contribution in [2.45, 2.75) is 17.9 Å². The molecule has 2 heterocycles. The standard InChI is InChI=1S/C21H15F2N5O2/c22-10-7-11-14-15-16(14)21(15,20(30)25-17(11)12(23)8-10)26-19(29)18-24-13(27-28-18)6-9-4-2-1-3-5-9/h1-5,7-8,14-16H,6H2,(H,25,30)(H,26,29)(H,24,27,28)/t14?,15-,16?,21?/m1/s1. The van der Waals surface area contributed by atoms with E-state index in [0.29, 0.717) is 17.8 Å². The SMILES string of the molecule is O=C(NC12C(=O)Nc3c(F)cc(F)cc3C3C1[C@@H]32)c1n[nH]c(Cc2ccccc2)n1. The number of aromatic nitrogens is 3.